The molecule has 0 aliphatic carbocycles. The van der Waals surface area contributed by atoms with Gasteiger partial charge >= 0.3 is 12.1 Å². The largest absolute Gasteiger partial charge is 0.497 e. The summed E-state index contributed by atoms with van der Waals surface area (Å²) in [6.07, 6.45) is 3.94. The van der Waals surface area contributed by atoms with Gasteiger partial charge in [-0.2, -0.15) is 4.98 Å². The van der Waals surface area contributed by atoms with Gasteiger partial charge in [0, 0.05) is 49.6 Å². The van der Waals surface area contributed by atoms with Gasteiger partial charge in [-0.3, -0.25) is 14.6 Å². The van der Waals surface area contributed by atoms with Crippen LogP contribution in [0.25, 0.3) is 0 Å². The van der Waals surface area contributed by atoms with Gasteiger partial charge in [0.25, 0.3) is 0 Å². The standard InChI is InChI=1S/C34H41N7O6/c1-7-29(42)36-27-10-8-9-11-28(27)37-31-35-19-23-21-40(24-16-25(45-5)18-26(17-24)46-6)32(43)41(30(23)38-31)20-22-12-14-39(15-13-22)33(44)47-34(2,3)4/h7-11,16-19,22H,1,12-15,20-21H2,2-6H3,(H,36,42)(H,35,37,38). The van der Waals surface area contributed by atoms with Crippen molar-refractivity contribution in [2.45, 2.75) is 45.8 Å². The molecule has 0 saturated carbocycles. The molecule has 248 valence electrons. The first kappa shape index (κ1) is 33.0. The highest BCUT2D eigenvalue weighted by Crippen LogP contribution is 2.36. The van der Waals surface area contributed by atoms with Crippen molar-refractivity contribution in [2.75, 3.05) is 54.3 Å². The third-order valence-corrected chi connectivity index (χ3v) is 7.86. The number of nitrogens with one attached hydrogen (secondary N) is 2. The first-order valence-electron chi connectivity index (χ1n) is 15.4. The monoisotopic (exact) mass is 643 g/mol. The van der Waals surface area contributed by atoms with Gasteiger partial charge in [-0.05, 0) is 57.7 Å². The van der Waals surface area contributed by atoms with Crippen LogP contribution in [0.1, 0.15) is 39.2 Å². The van der Waals surface area contributed by atoms with E-state index in [2.05, 4.69) is 22.2 Å². The molecular formula is C34H41N7O6. The van der Waals surface area contributed by atoms with Crippen LogP contribution in [0.5, 0.6) is 11.5 Å². The van der Waals surface area contributed by atoms with E-state index in [1.165, 1.54) is 6.08 Å². The zero-order valence-corrected chi connectivity index (χ0v) is 27.4. The van der Waals surface area contributed by atoms with Crippen molar-refractivity contribution >= 4 is 46.9 Å². The molecule has 4 amide bonds. The molecular weight excluding hydrogens is 602 g/mol. The Balaban J connectivity index is 1.44. The molecule has 3 aromatic rings. The van der Waals surface area contributed by atoms with Crippen molar-refractivity contribution in [1.29, 1.82) is 0 Å². The summed E-state index contributed by atoms with van der Waals surface area (Å²) in [6, 6.07) is 12.2. The number of carbonyl (C=O) groups is 3. The van der Waals surface area contributed by atoms with Crippen molar-refractivity contribution in [3.63, 3.8) is 0 Å². The van der Waals surface area contributed by atoms with Crippen molar-refractivity contribution in [2.24, 2.45) is 5.92 Å². The van der Waals surface area contributed by atoms with Crippen LogP contribution >= 0.6 is 0 Å². The molecule has 3 heterocycles. The maximum atomic E-state index is 14.3. The number of anilines is 5. The lowest BCUT2D eigenvalue weighted by molar-refractivity contribution is -0.111. The highest BCUT2D eigenvalue weighted by molar-refractivity contribution is 6.06. The normalized spacial score (nSPS) is 15.1. The first-order chi connectivity index (χ1) is 22.5. The van der Waals surface area contributed by atoms with E-state index in [9.17, 15) is 14.4 Å². The minimum atomic E-state index is -0.576. The number of urea groups is 1. The van der Waals surface area contributed by atoms with Gasteiger partial charge in [-0.1, -0.05) is 18.7 Å². The van der Waals surface area contributed by atoms with Gasteiger partial charge in [0.1, 0.15) is 22.9 Å². The number of methoxy groups -OCH3 is 2. The predicted molar refractivity (Wildman–Crippen MR) is 180 cm³/mol. The number of hydrogen-bond donors (Lipinski definition) is 2. The van der Waals surface area contributed by atoms with Gasteiger partial charge in [-0.15, -0.1) is 0 Å². The van der Waals surface area contributed by atoms with Crippen LogP contribution < -0.4 is 29.9 Å². The number of fused-ring (bicyclic) bond motifs is 1. The third kappa shape index (κ3) is 7.91. The average molecular weight is 644 g/mol. The summed E-state index contributed by atoms with van der Waals surface area (Å²) in [5, 5.41) is 5.96. The SMILES string of the molecule is C=CC(=O)Nc1ccccc1Nc1ncc2c(n1)N(CC1CCN(C(=O)OC(C)(C)C)CC1)C(=O)N(c1cc(OC)cc(OC)c1)C2. The summed E-state index contributed by atoms with van der Waals surface area (Å²) in [5.41, 5.74) is 1.89. The summed E-state index contributed by atoms with van der Waals surface area (Å²) in [4.78, 5) is 53.4. The Morgan fingerprint density at radius 3 is 2.32 bits per heavy atom. The Morgan fingerprint density at radius 1 is 1.04 bits per heavy atom. The molecule has 2 aliphatic rings. The maximum absolute atomic E-state index is 14.3. The van der Waals surface area contributed by atoms with Crippen molar-refractivity contribution in [1.82, 2.24) is 14.9 Å². The smallest absolute Gasteiger partial charge is 0.410 e. The fourth-order valence-electron chi connectivity index (χ4n) is 5.48. The number of benzene rings is 2. The molecule has 5 rings (SSSR count). The van der Waals surface area contributed by atoms with Crippen molar-refractivity contribution in [3.8, 4) is 11.5 Å². The van der Waals surface area contributed by atoms with Gasteiger partial charge < -0.3 is 29.7 Å². The molecule has 0 spiro atoms. The van der Waals surface area contributed by atoms with Crippen molar-refractivity contribution in [3.05, 3.63) is 66.9 Å². The number of hydrogen-bond acceptors (Lipinski definition) is 9. The van der Waals surface area contributed by atoms with E-state index < -0.39 is 5.60 Å². The number of piperidine rings is 1. The highest BCUT2D eigenvalue weighted by atomic mass is 16.6. The molecule has 13 nitrogen and oxygen atoms in total. The molecule has 0 unspecified atom stereocenters. The van der Waals surface area contributed by atoms with Crippen molar-refractivity contribution < 1.29 is 28.6 Å². The molecule has 1 saturated heterocycles. The number of likely N-dealkylation sites (tertiary alicyclic amines) is 1. The zero-order valence-electron chi connectivity index (χ0n) is 27.4. The lowest BCUT2D eigenvalue weighted by Crippen LogP contribution is -2.51. The van der Waals surface area contributed by atoms with E-state index >= 15 is 0 Å². The van der Waals surface area contributed by atoms with Crippen LogP contribution in [0.3, 0.4) is 0 Å². The lowest BCUT2D eigenvalue weighted by atomic mass is 9.96. The van der Waals surface area contributed by atoms with E-state index in [0.29, 0.717) is 66.9 Å². The summed E-state index contributed by atoms with van der Waals surface area (Å²) >= 11 is 0. The third-order valence-electron chi connectivity index (χ3n) is 7.86. The minimum absolute atomic E-state index is 0.103. The molecule has 0 bridgehead atoms. The Kier molecular flexibility index (Phi) is 9.83. The van der Waals surface area contributed by atoms with Gasteiger partial charge in [0.05, 0.1) is 37.8 Å². The second kappa shape index (κ2) is 14.0. The number of para-hydroxylation sites is 2. The average Bonchev–Trinajstić information content (AvgIpc) is 3.06. The van der Waals surface area contributed by atoms with Gasteiger partial charge in [0.2, 0.25) is 11.9 Å². The summed E-state index contributed by atoms with van der Waals surface area (Å²) in [5.74, 6) is 1.61. The van der Waals surface area contributed by atoms with Crippen LogP contribution in [-0.4, -0.2) is 72.4 Å². The quantitative estimate of drug-likeness (QED) is 0.271. The van der Waals surface area contributed by atoms with Crippen LogP contribution in [0, 0.1) is 5.92 Å². The topological polar surface area (TPSA) is 138 Å². The van der Waals surface area contributed by atoms with Gasteiger partial charge in [-0.25, -0.2) is 14.6 Å². The van der Waals surface area contributed by atoms with Gasteiger partial charge in [0.15, 0.2) is 0 Å². The molecule has 1 fully saturated rings. The second-order valence-electron chi connectivity index (χ2n) is 12.4. The summed E-state index contributed by atoms with van der Waals surface area (Å²) in [7, 11) is 3.12. The number of rotatable bonds is 9. The fourth-order valence-corrected chi connectivity index (χ4v) is 5.48. The molecule has 0 radical (unpaired) electrons. The Hall–Kier alpha value is -5.33. The first-order valence-corrected chi connectivity index (χ1v) is 15.4. The number of aromatic nitrogens is 2. The molecule has 2 aliphatic heterocycles. The number of nitrogens with zero attached hydrogens (tertiary/aromatic N) is 5. The molecule has 0 atom stereocenters. The zero-order chi connectivity index (χ0) is 33.7. The summed E-state index contributed by atoms with van der Waals surface area (Å²) < 4.78 is 16.5. The maximum Gasteiger partial charge on any atom is 0.410 e. The Bertz CT molecular complexity index is 1630. The van der Waals surface area contributed by atoms with Crippen LogP contribution in [0.15, 0.2) is 61.3 Å². The van der Waals surface area contributed by atoms with E-state index in [4.69, 9.17) is 19.2 Å². The highest BCUT2D eigenvalue weighted by Gasteiger charge is 2.36. The van der Waals surface area contributed by atoms with E-state index in [1.54, 1.807) is 71.5 Å². The van der Waals surface area contributed by atoms with Crippen LogP contribution in [-0.2, 0) is 16.1 Å². The molecule has 2 aromatic carbocycles. The Labute approximate surface area is 274 Å². The van der Waals surface area contributed by atoms with E-state index in [1.807, 2.05) is 26.8 Å². The lowest BCUT2D eigenvalue weighted by Gasteiger charge is -2.39. The number of carbonyl (C=O) groups excluding carboxylic acids is 3. The molecule has 2 N–H and O–H groups in total. The van der Waals surface area contributed by atoms with Crippen LogP contribution in [0.4, 0.5) is 38.4 Å². The van der Waals surface area contributed by atoms with E-state index in [0.717, 1.165) is 5.56 Å². The fraction of sp³-hybridized carbons (Fsp3) is 0.382. The van der Waals surface area contributed by atoms with E-state index in [-0.39, 0.29) is 36.4 Å². The number of amides is 4. The van der Waals surface area contributed by atoms with Crippen LogP contribution in [0.2, 0.25) is 0 Å². The second-order valence-corrected chi connectivity index (χ2v) is 12.4. The minimum Gasteiger partial charge on any atom is -0.497 e. The predicted octanol–water partition coefficient (Wildman–Crippen LogP) is 5.96. The number of ether oxygens (including phenoxy) is 3. The molecule has 13 heteroatoms. The Morgan fingerprint density at radius 2 is 1.70 bits per heavy atom. The molecule has 1 aromatic heterocycles. The summed E-state index contributed by atoms with van der Waals surface area (Å²) in [6.45, 7) is 10.7. The molecule has 47 heavy (non-hydrogen) atoms.